The van der Waals surface area contributed by atoms with Crippen molar-refractivity contribution in [1.82, 2.24) is 10.1 Å². The van der Waals surface area contributed by atoms with E-state index in [4.69, 9.17) is 4.52 Å². The van der Waals surface area contributed by atoms with Crippen LogP contribution in [-0.2, 0) is 6.42 Å². The summed E-state index contributed by atoms with van der Waals surface area (Å²) < 4.78 is 57.5. The Morgan fingerprint density at radius 3 is 2.35 bits per heavy atom. The summed E-state index contributed by atoms with van der Waals surface area (Å²) in [5, 5.41) is 3.71. The summed E-state index contributed by atoms with van der Waals surface area (Å²) in [5.74, 6) is -4.90. The van der Waals surface area contributed by atoms with E-state index >= 15 is 0 Å². The van der Waals surface area contributed by atoms with Gasteiger partial charge >= 0.3 is 0 Å². The molecule has 0 bridgehead atoms. The second-order valence-corrected chi connectivity index (χ2v) is 6.30. The van der Waals surface area contributed by atoms with Crippen LogP contribution in [0.3, 0.4) is 0 Å². The lowest BCUT2D eigenvalue weighted by molar-refractivity contribution is -0.0402. The largest absolute Gasteiger partial charge is 0.339 e. The molecule has 0 N–H and O–H groups in total. The first-order valence-corrected chi connectivity index (χ1v) is 6.79. The average molecular weight is 292 g/mol. The molecule has 7 heteroatoms. The van der Waals surface area contributed by atoms with Gasteiger partial charge in [0.1, 0.15) is 0 Å². The van der Waals surface area contributed by atoms with Crippen LogP contribution < -0.4 is 0 Å². The molecule has 1 unspecified atom stereocenters. The highest BCUT2D eigenvalue weighted by molar-refractivity contribution is 5.12. The van der Waals surface area contributed by atoms with Crippen molar-refractivity contribution in [3.05, 3.63) is 11.7 Å². The van der Waals surface area contributed by atoms with E-state index in [1.165, 1.54) is 6.92 Å². The summed E-state index contributed by atoms with van der Waals surface area (Å²) >= 11 is 0. The van der Waals surface area contributed by atoms with Crippen LogP contribution in [0.15, 0.2) is 4.52 Å². The van der Waals surface area contributed by atoms with Crippen LogP contribution in [0.5, 0.6) is 0 Å². The van der Waals surface area contributed by atoms with Crippen LogP contribution in [-0.4, -0.2) is 22.0 Å². The number of rotatable bonds is 3. The van der Waals surface area contributed by atoms with Gasteiger partial charge in [-0.05, 0) is 12.8 Å². The first kappa shape index (κ1) is 13.8. The summed E-state index contributed by atoms with van der Waals surface area (Å²) in [6.07, 6.45) is 0.104. The minimum absolute atomic E-state index is 0.0619. The molecule has 3 rings (SSSR count). The summed E-state index contributed by atoms with van der Waals surface area (Å²) in [4.78, 5) is 4.12. The van der Waals surface area contributed by atoms with Crippen molar-refractivity contribution in [1.29, 1.82) is 0 Å². The Morgan fingerprint density at radius 1 is 1.20 bits per heavy atom. The highest BCUT2D eigenvalue weighted by Gasteiger charge is 2.67. The lowest BCUT2D eigenvalue weighted by Gasteiger charge is -2.25. The molecule has 0 radical (unpaired) electrons. The first-order chi connectivity index (χ1) is 9.21. The van der Waals surface area contributed by atoms with E-state index in [1.807, 2.05) is 0 Å². The van der Waals surface area contributed by atoms with Crippen molar-refractivity contribution in [2.75, 3.05) is 0 Å². The topological polar surface area (TPSA) is 38.9 Å². The van der Waals surface area contributed by atoms with Crippen LogP contribution in [0, 0.1) is 5.41 Å². The number of hydrogen-bond donors (Lipinski definition) is 0. The standard InChI is InChI=1S/C13H16F4N2O/c1-11(7-13(11,16)17)6-9-18-10(20-19-9)8-2-4-12(14,15)5-3-8/h8H,2-7H2,1H3. The maximum absolute atomic E-state index is 13.1. The third-order valence-electron chi connectivity index (χ3n) is 4.47. The van der Waals surface area contributed by atoms with Crippen LogP contribution >= 0.6 is 0 Å². The summed E-state index contributed by atoms with van der Waals surface area (Å²) in [6.45, 7) is 1.49. The van der Waals surface area contributed by atoms with Gasteiger partial charge < -0.3 is 4.52 Å². The van der Waals surface area contributed by atoms with E-state index in [0.29, 0.717) is 18.7 Å². The van der Waals surface area contributed by atoms with Gasteiger partial charge in [-0.1, -0.05) is 12.1 Å². The minimum Gasteiger partial charge on any atom is -0.339 e. The minimum atomic E-state index is -2.67. The van der Waals surface area contributed by atoms with Crippen molar-refractivity contribution in [2.45, 2.75) is 63.2 Å². The van der Waals surface area contributed by atoms with E-state index in [0.717, 1.165) is 0 Å². The van der Waals surface area contributed by atoms with Gasteiger partial charge in [0.2, 0.25) is 11.8 Å². The Hall–Kier alpha value is -1.14. The highest BCUT2D eigenvalue weighted by atomic mass is 19.3. The molecular formula is C13H16F4N2O. The van der Waals surface area contributed by atoms with E-state index in [1.54, 1.807) is 0 Å². The van der Waals surface area contributed by atoms with Gasteiger partial charge in [0.15, 0.2) is 5.82 Å². The van der Waals surface area contributed by atoms with Gasteiger partial charge in [0, 0.05) is 37.0 Å². The first-order valence-electron chi connectivity index (χ1n) is 6.79. The number of halogens is 4. The van der Waals surface area contributed by atoms with Crippen molar-refractivity contribution in [3.8, 4) is 0 Å². The zero-order valence-corrected chi connectivity index (χ0v) is 11.1. The molecule has 2 aliphatic rings. The number of hydrogen-bond acceptors (Lipinski definition) is 3. The Bertz CT molecular complexity index is 506. The van der Waals surface area contributed by atoms with E-state index in [2.05, 4.69) is 10.1 Å². The van der Waals surface area contributed by atoms with Crippen molar-refractivity contribution >= 4 is 0 Å². The Balaban J connectivity index is 1.63. The zero-order valence-electron chi connectivity index (χ0n) is 11.1. The van der Waals surface area contributed by atoms with E-state index in [9.17, 15) is 17.6 Å². The SMILES string of the molecule is CC1(Cc2noc(C3CCC(F)(F)CC3)n2)CC1(F)F. The summed E-state index contributed by atoms with van der Waals surface area (Å²) in [5.41, 5.74) is -1.09. The fourth-order valence-electron chi connectivity index (χ4n) is 2.78. The molecule has 0 amide bonds. The Kier molecular flexibility index (Phi) is 2.89. The molecule has 3 nitrogen and oxygen atoms in total. The molecular weight excluding hydrogens is 276 g/mol. The van der Waals surface area contributed by atoms with E-state index < -0.39 is 17.3 Å². The molecule has 1 atom stereocenters. The van der Waals surface area contributed by atoms with Gasteiger partial charge in [0.05, 0.1) is 0 Å². The molecule has 2 aliphatic carbocycles. The summed E-state index contributed by atoms with van der Waals surface area (Å²) in [6, 6.07) is 0. The van der Waals surface area contributed by atoms with Gasteiger partial charge in [-0.3, -0.25) is 0 Å². The molecule has 2 fully saturated rings. The maximum atomic E-state index is 13.1. The molecule has 0 aromatic carbocycles. The molecule has 1 heterocycles. The lowest BCUT2D eigenvalue weighted by Crippen LogP contribution is -2.23. The molecule has 0 aliphatic heterocycles. The number of nitrogens with zero attached hydrogens (tertiary/aromatic N) is 2. The Morgan fingerprint density at radius 2 is 1.80 bits per heavy atom. The van der Waals surface area contributed by atoms with Gasteiger partial charge in [-0.2, -0.15) is 4.98 Å². The molecule has 112 valence electrons. The molecule has 1 aromatic rings. The zero-order chi connectivity index (χ0) is 14.6. The van der Waals surface area contributed by atoms with Crippen LogP contribution in [0.1, 0.15) is 56.7 Å². The molecule has 2 saturated carbocycles. The van der Waals surface area contributed by atoms with Crippen LogP contribution in [0.2, 0.25) is 0 Å². The predicted molar refractivity (Wildman–Crippen MR) is 61.8 cm³/mol. The molecule has 20 heavy (non-hydrogen) atoms. The highest BCUT2D eigenvalue weighted by Crippen LogP contribution is 2.61. The maximum Gasteiger partial charge on any atom is 0.254 e. The lowest BCUT2D eigenvalue weighted by atomic mass is 9.87. The van der Waals surface area contributed by atoms with Crippen LogP contribution in [0.25, 0.3) is 0 Å². The predicted octanol–water partition coefficient (Wildman–Crippen LogP) is 3.95. The monoisotopic (exact) mass is 292 g/mol. The fourth-order valence-corrected chi connectivity index (χ4v) is 2.78. The fraction of sp³-hybridized carbons (Fsp3) is 0.846. The quantitative estimate of drug-likeness (QED) is 0.792. The number of aromatic nitrogens is 2. The summed E-state index contributed by atoms with van der Waals surface area (Å²) in [7, 11) is 0. The normalized spacial score (nSPS) is 32.2. The van der Waals surface area contributed by atoms with Crippen LogP contribution in [0.4, 0.5) is 17.6 Å². The molecule has 0 spiro atoms. The molecule has 1 aromatic heterocycles. The second kappa shape index (κ2) is 4.18. The third kappa shape index (κ3) is 2.42. The van der Waals surface area contributed by atoms with Crippen molar-refractivity contribution in [3.63, 3.8) is 0 Å². The third-order valence-corrected chi connectivity index (χ3v) is 4.47. The Labute approximate surface area is 113 Å². The van der Waals surface area contributed by atoms with Crippen molar-refractivity contribution < 1.29 is 22.1 Å². The number of alkyl halides is 4. The second-order valence-electron chi connectivity index (χ2n) is 6.30. The van der Waals surface area contributed by atoms with Gasteiger partial charge in [-0.25, -0.2) is 17.6 Å². The van der Waals surface area contributed by atoms with Gasteiger partial charge in [-0.15, -0.1) is 0 Å². The van der Waals surface area contributed by atoms with E-state index in [-0.39, 0.29) is 37.4 Å². The average Bonchev–Trinajstić information content (AvgIpc) is 2.70. The molecule has 0 saturated heterocycles. The van der Waals surface area contributed by atoms with Gasteiger partial charge in [0.25, 0.3) is 5.92 Å². The smallest absolute Gasteiger partial charge is 0.254 e. The van der Waals surface area contributed by atoms with Crippen molar-refractivity contribution in [2.24, 2.45) is 5.41 Å².